The van der Waals surface area contributed by atoms with Gasteiger partial charge >= 0.3 is 0 Å². The number of carbonyl (C=O) groups excluding carboxylic acids is 1. The highest BCUT2D eigenvalue weighted by molar-refractivity contribution is 5.94. The second-order valence-corrected chi connectivity index (χ2v) is 6.58. The monoisotopic (exact) mass is 286 g/mol. The molecule has 0 bridgehead atoms. The Hall–Kier alpha value is -1.77. The molecule has 3 nitrogen and oxygen atoms in total. The maximum Gasteiger partial charge on any atom is 0.253 e. The Morgan fingerprint density at radius 1 is 1.33 bits per heavy atom. The Labute approximate surface area is 127 Å². The summed E-state index contributed by atoms with van der Waals surface area (Å²) in [6, 6.07) is 7.18. The van der Waals surface area contributed by atoms with Gasteiger partial charge in [0.2, 0.25) is 0 Å². The molecular weight excluding hydrogens is 260 g/mol. The van der Waals surface area contributed by atoms with Gasteiger partial charge < -0.3 is 10.6 Å². The van der Waals surface area contributed by atoms with Crippen molar-refractivity contribution in [2.45, 2.75) is 33.1 Å². The quantitative estimate of drug-likeness (QED) is 0.677. The number of hydrogen-bond donors (Lipinski definition) is 1. The van der Waals surface area contributed by atoms with Crippen LogP contribution >= 0.6 is 0 Å². The molecule has 0 aliphatic carbocycles. The lowest BCUT2D eigenvalue weighted by atomic mass is 9.73. The van der Waals surface area contributed by atoms with Gasteiger partial charge in [-0.05, 0) is 54.9 Å². The normalized spacial score (nSPS) is 17.8. The molecule has 1 aliphatic heterocycles. The number of hydrogen-bond acceptors (Lipinski definition) is 2. The van der Waals surface area contributed by atoms with Crippen LogP contribution in [0, 0.1) is 11.3 Å². The number of likely N-dealkylation sites (tertiary alicyclic amines) is 1. The Balaban J connectivity index is 2.01. The van der Waals surface area contributed by atoms with Crippen LogP contribution in [0.2, 0.25) is 0 Å². The molecule has 21 heavy (non-hydrogen) atoms. The summed E-state index contributed by atoms with van der Waals surface area (Å²) < 4.78 is 0. The minimum absolute atomic E-state index is 0.109. The fraction of sp³-hybridized carbons (Fsp3) is 0.500. The molecule has 0 radical (unpaired) electrons. The van der Waals surface area contributed by atoms with Crippen molar-refractivity contribution in [3.63, 3.8) is 0 Å². The molecule has 0 atom stereocenters. The van der Waals surface area contributed by atoms with E-state index in [2.05, 4.69) is 26.5 Å². The van der Waals surface area contributed by atoms with Gasteiger partial charge in [-0.25, -0.2) is 0 Å². The van der Waals surface area contributed by atoms with Gasteiger partial charge in [0.05, 0.1) is 0 Å². The van der Waals surface area contributed by atoms with E-state index < -0.39 is 0 Å². The largest absolute Gasteiger partial charge is 0.399 e. The van der Waals surface area contributed by atoms with Crippen molar-refractivity contribution in [1.29, 1.82) is 0 Å². The van der Waals surface area contributed by atoms with Gasteiger partial charge in [0.1, 0.15) is 0 Å². The molecule has 1 amide bonds. The Morgan fingerprint density at radius 2 is 1.90 bits per heavy atom. The van der Waals surface area contributed by atoms with Crippen LogP contribution < -0.4 is 5.73 Å². The number of rotatable bonds is 4. The van der Waals surface area contributed by atoms with Crippen molar-refractivity contribution in [3.8, 4) is 0 Å². The van der Waals surface area contributed by atoms with E-state index >= 15 is 0 Å². The minimum Gasteiger partial charge on any atom is -0.399 e. The van der Waals surface area contributed by atoms with Crippen molar-refractivity contribution in [2.24, 2.45) is 11.3 Å². The first-order valence-corrected chi connectivity index (χ1v) is 7.74. The number of piperidine rings is 1. The molecule has 114 valence electrons. The third-order valence-electron chi connectivity index (χ3n) is 4.45. The summed E-state index contributed by atoms with van der Waals surface area (Å²) in [6.07, 6.45) is 5.28. The fourth-order valence-corrected chi connectivity index (χ4v) is 3.27. The number of benzene rings is 1. The Kier molecular flexibility index (Phi) is 4.71. The summed E-state index contributed by atoms with van der Waals surface area (Å²) in [5.41, 5.74) is 7.28. The first-order valence-electron chi connectivity index (χ1n) is 7.74. The van der Waals surface area contributed by atoms with E-state index in [0.717, 1.165) is 37.9 Å². The topological polar surface area (TPSA) is 46.3 Å². The maximum atomic E-state index is 12.5. The average molecular weight is 286 g/mol. The lowest BCUT2D eigenvalue weighted by Crippen LogP contribution is -2.43. The Bertz CT molecular complexity index is 496. The predicted molar refractivity (Wildman–Crippen MR) is 88.1 cm³/mol. The van der Waals surface area contributed by atoms with Gasteiger partial charge in [-0.2, -0.15) is 0 Å². The molecule has 0 unspecified atom stereocenters. The van der Waals surface area contributed by atoms with Gasteiger partial charge in [0, 0.05) is 24.3 Å². The van der Waals surface area contributed by atoms with Crippen LogP contribution in [0.15, 0.2) is 36.9 Å². The zero-order valence-electron chi connectivity index (χ0n) is 13.1. The minimum atomic E-state index is 0.109. The summed E-state index contributed by atoms with van der Waals surface area (Å²) in [4.78, 5) is 14.4. The van der Waals surface area contributed by atoms with E-state index in [4.69, 9.17) is 5.73 Å². The van der Waals surface area contributed by atoms with Crippen molar-refractivity contribution in [2.75, 3.05) is 18.8 Å². The number of carbonyl (C=O) groups is 1. The van der Waals surface area contributed by atoms with E-state index in [9.17, 15) is 4.79 Å². The van der Waals surface area contributed by atoms with E-state index in [-0.39, 0.29) is 11.3 Å². The van der Waals surface area contributed by atoms with Crippen LogP contribution in [0.25, 0.3) is 0 Å². The van der Waals surface area contributed by atoms with Crippen molar-refractivity contribution < 1.29 is 4.79 Å². The van der Waals surface area contributed by atoms with Gasteiger partial charge in [-0.3, -0.25) is 4.79 Å². The fourth-order valence-electron chi connectivity index (χ4n) is 3.27. The Morgan fingerprint density at radius 3 is 2.38 bits per heavy atom. The van der Waals surface area contributed by atoms with Crippen molar-refractivity contribution in [3.05, 3.63) is 42.5 Å². The van der Waals surface area contributed by atoms with Gasteiger partial charge in [-0.15, -0.1) is 6.58 Å². The molecule has 1 saturated heterocycles. The molecule has 2 rings (SSSR count). The summed E-state index contributed by atoms with van der Waals surface area (Å²) in [6.45, 7) is 10.1. The highest BCUT2D eigenvalue weighted by Crippen LogP contribution is 2.38. The third kappa shape index (κ3) is 3.66. The van der Waals surface area contributed by atoms with Crippen molar-refractivity contribution in [1.82, 2.24) is 4.90 Å². The summed E-state index contributed by atoms with van der Waals surface area (Å²) in [7, 11) is 0. The number of amides is 1. The molecule has 1 heterocycles. The van der Waals surface area contributed by atoms with Crippen LogP contribution in [0.5, 0.6) is 0 Å². The molecule has 3 heteroatoms. The molecule has 0 saturated carbocycles. The predicted octanol–water partition coefficient (Wildman–Crippen LogP) is 3.72. The number of nitrogen functional groups attached to an aromatic ring is 1. The van der Waals surface area contributed by atoms with E-state index in [1.54, 1.807) is 24.3 Å². The van der Waals surface area contributed by atoms with Crippen LogP contribution in [0.1, 0.15) is 43.5 Å². The molecule has 0 aromatic heterocycles. The molecule has 1 aromatic rings. The van der Waals surface area contributed by atoms with E-state index in [1.807, 2.05) is 4.90 Å². The van der Waals surface area contributed by atoms with Crippen LogP contribution in [0.4, 0.5) is 5.69 Å². The summed E-state index contributed by atoms with van der Waals surface area (Å²) in [5.74, 6) is 0.763. The molecular formula is C18H26N2O. The molecule has 0 spiro atoms. The first kappa shape index (κ1) is 15.6. The molecule has 1 aromatic carbocycles. The summed E-state index contributed by atoms with van der Waals surface area (Å²) >= 11 is 0. The highest BCUT2D eigenvalue weighted by atomic mass is 16.2. The SMILES string of the molecule is C=CC1(CC(C)C)CCN(C(=O)c2ccc(N)cc2)CC1. The summed E-state index contributed by atoms with van der Waals surface area (Å²) in [5, 5.41) is 0. The maximum absolute atomic E-state index is 12.5. The smallest absolute Gasteiger partial charge is 0.253 e. The number of anilines is 1. The van der Waals surface area contributed by atoms with Crippen LogP contribution in [-0.4, -0.2) is 23.9 Å². The number of allylic oxidation sites excluding steroid dienone is 1. The van der Waals surface area contributed by atoms with Crippen molar-refractivity contribution >= 4 is 11.6 Å². The zero-order valence-corrected chi connectivity index (χ0v) is 13.1. The van der Waals surface area contributed by atoms with Crippen LogP contribution in [-0.2, 0) is 0 Å². The molecule has 2 N–H and O–H groups in total. The van der Waals surface area contributed by atoms with E-state index in [0.29, 0.717) is 11.6 Å². The molecule has 1 fully saturated rings. The standard InChI is InChI=1S/C18H26N2O/c1-4-18(13-14(2)3)9-11-20(12-10-18)17(21)15-5-7-16(19)8-6-15/h4-8,14H,1,9-13,19H2,2-3H3. The molecule has 1 aliphatic rings. The average Bonchev–Trinajstić information content (AvgIpc) is 2.47. The van der Waals surface area contributed by atoms with Gasteiger partial charge in [0.15, 0.2) is 0 Å². The van der Waals surface area contributed by atoms with E-state index in [1.165, 1.54) is 0 Å². The lowest BCUT2D eigenvalue weighted by Gasteiger charge is -2.41. The van der Waals surface area contributed by atoms with Crippen LogP contribution in [0.3, 0.4) is 0 Å². The lowest BCUT2D eigenvalue weighted by molar-refractivity contribution is 0.0617. The number of nitrogens with two attached hydrogens (primary N) is 1. The van der Waals surface area contributed by atoms with Gasteiger partial charge in [-0.1, -0.05) is 19.9 Å². The van der Waals surface area contributed by atoms with Gasteiger partial charge in [0.25, 0.3) is 5.91 Å². The second-order valence-electron chi connectivity index (χ2n) is 6.58. The third-order valence-corrected chi connectivity index (χ3v) is 4.45. The zero-order chi connectivity index (χ0) is 15.5. The second kappa shape index (κ2) is 6.33. The highest BCUT2D eigenvalue weighted by Gasteiger charge is 2.34. The first-order chi connectivity index (χ1) is 9.96. The number of nitrogens with zero attached hydrogens (tertiary/aromatic N) is 1.